The molecule has 12 nitrogen and oxygen atoms in total. The Morgan fingerprint density at radius 1 is 1.07 bits per heavy atom. The molecule has 0 radical (unpaired) electrons. The third-order valence-electron chi connectivity index (χ3n) is 7.81. The molecule has 0 unspecified atom stereocenters. The van der Waals surface area contributed by atoms with Crippen LogP contribution in [0, 0.1) is 0 Å². The standard InChI is InChI=1S/C28H29Cl4N5O7/c1-13(39)35-10-21(22(40)11-35)37(17-7-15(29)6-16(30)8-17)28(42)27-26(43-2)24(25(41)23(12-38)44-27)36-9-20(33-34-36)14-3-4-18(31)19(32)5-14/h3-9,21-27,38,40-41H,10-12H2,1-2H3/t21-,22-,23+,24-,25-,26+,27+/m0/s1. The highest BCUT2D eigenvalue weighted by Crippen LogP contribution is 2.37. The van der Waals surface area contributed by atoms with Gasteiger partial charge in [0.1, 0.15) is 30.0 Å². The minimum atomic E-state index is -1.43. The summed E-state index contributed by atoms with van der Waals surface area (Å²) < 4.78 is 13.1. The zero-order chi connectivity index (χ0) is 31.9. The van der Waals surface area contributed by atoms with Crippen molar-refractivity contribution in [1.29, 1.82) is 0 Å². The van der Waals surface area contributed by atoms with Crippen molar-refractivity contribution in [2.24, 2.45) is 0 Å². The molecule has 1 aromatic heterocycles. The predicted octanol–water partition coefficient (Wildman–Crippen LogP) is 2.86. The Morgan fingerprint density at radius 3 is 2.36 bits per heavy atom. The smallest absolute Gasteiger partial charge is 0.259 e. The van der Waals surface area contributed by atoms with Gasteiger partial charge in [0.2, 0.25) is 5.91 Å². The molecule has 2 aliphatic heterocycles. The number of carbonyl (C=O) groups is 2. The van der Waals surface area contributed by atoms with E-state index in [0.717, 1.165) is 0 Å². The van der Waals surface area contributed by atoms with Crippen molar-refractivity contribution in [3.63, 3.8) is 0 Å². The largest absolute Gasteiger partial charge is 0.394 e. The van der Waals surface area contributed by atoms with Crippen LogP contribution in [0.5, 0.6) is 0 Å². The number of hydrogen-bond donors (Lipinski definition) is 3. The van der Waals surface area contributed by atoms with Gasteiger partial charge in [0, 0.05) is 48.4 Å². The van der Waals surface area contributed by atoms with E-state index in [2.05, 4.69) is 10.3 Å². The summed E-state index contributed by atoms with van der Waals surface area (Å²) in [6, 6.07) is 7.43. The van der Waals surface area contributed by atoms with Crippen molar-refractivity contribution in [3.05, 3.63) is 62.7 Å². The molecule has 0 aliphatic carbocycles. The summed E-state index contributed by atoms with van der Waals surface area (Å²) in [6.45, 7) is 0.737. The molecule has 3 heterocycles. The van der Waals surface area contributed by atoms with Crippen LogP contribution >= 0.6 is 46.4 Å². The van der Waals surface area contributed by atoms with Gasteiger partial charge in [-0.1, -0.05) is 57.7 Å². The lowest BCUT2D eigenvalue weighted by atomic mass is 9.91. The fourth-order valence-corrected chi connectivity index (χ4v) is 6.46. The van der Waals surface area contributed by atoms with E-state index >= 15 is 0 Å². The molecule has 3 N–H and O–H groups in total. The third-order valence-corrected chi connectivity index (χ3v) is 8.99. The molecule has 2 amide bonds. The van der Waals surface area contributed by atoms with Crippen molar-refractivity contribution in [1.82, 2.24) is 19.9 Å². The number of hydrogen-bond acceptors (Lipinski definition) is 9. The average Bonchev–Trinajstić information content (AvgIpc) is 3.61. The summed E-state index contributed by atoms with van der Waals surface area (Å²) in [6.07, 6.45) is -4.78. The molecule has 236 valence electrons. The van der Waals surface area contributed by atoms with E-state index in [0.29, 0.717) is 21.3 Å². The van der Waals surface area contributed by atoms with Gasteiger partial charge >= 0.3 is 0 Å². The minimum Gasteiger partial charge on any atom is -0.394 e. The highest BCUT2D eigenvalue weighted by atomic mass is 35.5. The summed E-state index contributed by atoms with van der Waals surface area (Å²) >= 11 is 24.8. The van der Waals surface area contributed by atoms with Crippen LogP contribution in [0.15, 0.2) is 42.6 Å². The number of anilines is 1. The molecular weight excluding hydrogens is 660 g/mol. The first-order valence-corrected chi connectivity index (χ1v) is 15.0. The number of nitrogens with zero attached hydrogens (tertiary/aromatic N) is 5. The van der Waals surface area contributed by atoms with Gasteiger partial charge in [-0.15, -0.1) is 5.10 Å². The van der Waals surface area contributed by atoms with Crippen LogP contribution in [-0.2, 0) is 19.1 Å². The van der Waals surface area contributed by atoms with E-state index in [-0.39, 0.29) is 34.7 Å². The maximum Gasteiger partial charge on any atom is 0.259 e. The second-order valence-electron chi connectivity index (χ2n) is 10.6. The number of ether oxygens (including phenoxy) is 2. The molecule has 2 saturated heterocycles. The van der Waals surface area contributed by atoms with Crippen LogP contribution in [0.1, 0.15) is 13.0 Å². The number of benzene rings is 2. The van der Waals surface area contributed by atoms with Crippen molar-refractivity contribution in [3.8, 4) is 11.3 Å². The Kier molecular flexibility index (Phi) is 10.0. The van der Waals surface area contributed by atoms with Crippen molar-refractivity contribution < 1.29 is 34.4 Å². The first-order chi connectivity index (χ1) is 20.9. The SMILES string of the molecule is CO[C@@H]1[C@@H](n2cc(-c3ccc(Cl)c(Cl)c3)nn2)[C@@H](O)[C@@H](CO)O[C@H]1C(=O)N(c1cc(Cl)cc(Cl)c1)[C@H]1CN(C(C)=O)C[C@@H]1O. The fourth-order valence-electron chi connectivity index (χ4n) is 5.65. The fraction of sp³-hybridized carbons (Fsp3) is 0.429. The molecule has 0 spiro atoms. The van der Waals surface area contributed by atoms with Gasteiger partial charge < -0.3 is 34.6 Å². The molecule has 5 rings (SSSR count). The zero-order valence-corrected chi connectivity index (χ0v) is 26.5. The van der Waals surface area contributed by atoms with Gasteiger partial charge in [0.05, 0.1) is 35.0 Å². The molecule has 7 atom stereocenters. The maximum absolute atomic E-state index is 14.5. The highest BCUT2D eigenvalue weighted by Gasteiger charge is 2.52. The van der Waals surface area contributed by atoms with Gasteiger partial charge in [-0.3, -0.25) is 9.59 Å². The first-order valence-electron chi connectivity index (χ1n) is 13.5. The third kappa shape index (κ3) is 6.41. The number of amides is 2. The number of β-amino-alcohol motifs (C(OH)–C–C–N with tert-alkyl or cyclic N) is 1. The lowest BCUT2D eigenvalue weighted by Gasteiger charge is -2.45. The zero-order valence-electron chi connectivity index (χ0n) is 23.4. The van der Waals surface area contributed by atoms with Crippen molar-refractivity contribution in [2.45, 2.75) is 49.5 Å². The molecule has 2 aliphatic rings. The maximum atomic E-state index is 14.5. The summed E-state index contributed by atoms with van der Waals surface area (Å²) in [4.78, 5) is 29.4. The minimum absolute atomic E-state index is 0.00560. The van der Waals surface area contributed by atoms with Crippen LogP contribution in [0.3, 0.4) is 0 Å². The van der Waals surface area contributed by atoms with E-state index in [9.17, 15) is 24.9 Å². The van der Waals surface area contributed by atoms with E-state index < -0.39 is 55.1 Å². The van der Waals surface area contributed by atoms with E-state index in [4.69, 9.17) is 55.9 Å². The van der Waals surface area contributed by atoms with Crippen LogP contribution in [0.4, 0.5) is 5.69 Å². The quantitative estimate of drug-likeness (QED) is 0.341. The summed E-state index contributed by atoms with van der Waals surface area (Å²) in [5, 5.41) is 42.0. The van der Waals surface area contributed by atoms with Crippen molar-refractivity contribution in [2.75, 3.05) is 31.7 Å². The number of aromatic nitrogens is 3. The number of rotatable bonds is 7. The molecule has 16 heteroatoms. The number of halogens is 4. The van der Waals surface area contributed by atoms with Gasteiger partial charge in [0.15, 0.2) is 6.10 Å². The topological polar surface area (TPSA) is 150 Å². The Morgan fingerprint density at radius 2 is 1.77 bits per heavy atom. The van der Waals surface area contributed by atoms with Gasteiger partial charge in [-0.25, -0.2) is 4.68 Å². The summed E-state index contributed by atoms with van der Waals surface area (Å²) in [5.74, 6) is -0.968. The lowest BCUT2D eigenvalue weighted by molar-refractivity contribution is -0.211. The average molecular weight is 689 g/mol. The second kappa shape index (κ2) is 13.5. The normalized spacial score (nSPS) is 27.0. The first kappa shape index (κ1) is 32.9. The molecule has 2 aromatic carbocycles. The summed E-state index contributed by atoms with van der Waals surface area (Å²) in [5.41, 5.74) is 1.24. The Labute approximate surface area is 272 Å². The van der Waals surface area contributed by atoms with Gasteiger partial charge in [0.25, 0.3) is 5.91 Å². The number of likely N-dealkylation sites (tertiary alicyclic amines) is 1. The number of aliphatic hydroxyl groups is 3. The highest BCUT2D eigenvalue weighted by molar-refractivity contribution is 6.42. The number of methoxy groups -OCH3 is 1. The molecule has 3 aromatic rings. The second-order valence-corrected chi connectivity index (χ2v) is 12.3. The lowest BCUT2D eigenvalue weighted by Crippen LogP contribution is -2.63. The monoisotopic (exact) mass is 687 g/mol. The van der Waals surface area contributed by atoms with Gasteiger partial charge in [-0.05, 0) is 30.3 Å². The van der Waals surface area contributed by atoms with E-state index in [1.54, 1.807) is 24.4 Å². The Balaban J connectivity index is 1.55. The molecular formula is C28H29Cl4N5O7. The molecule has 2 fully saturated rings. The van der Waals surface area contributed by atoms with Crippen LogP contribution in [0.2, 0.25) is 20.1 Å². The Bertz CT molecular complexity index is 1520. The molecule has 44 heavy (non-hydrogen) atoms. The number of aliphatic hydroxyl groups excluding tert-OH is 3. The number of carbonyl (C=O) groups excluding carboxylic acids is 2. The summed E-state index contributed by atoms with van der Waals surface area (Å²) in [7, 11) is 1.34. The van der Waals surface area contributed by atoms with Crippen LogP contribution in [-0.4, -0.2) is 110 Å². The van der Waals surface area contributed by atoms with E-state index in [1.807, 2.05) is 0 Å². The molecule has 0 bridgehead atoms. The van der Waals surface area contributed by atoms with Crippen LogP contribution in [0.25, 0.3) is 11.3 Å². The van der Waals surface area contributed by atoms with Gasteiger partial charge in [-0.2, -0.15) is 0 Å². The predicted molar refractivity (Wildman–Crippen MR) is 163 cm³/mol. The van der Waals surface area contributed by atoms with Crippen molar-refractivity contribution >= 4 is 63.9 Å². The Hall–Kier alpha value is -2.52. The van der Waals surface area contributed by atoms with E-state index in [1.165, 1.54) is 46.7 Å². The van der Waals surface area contributed by atoms with Crippen LogP contribution < -0.4 is 4.90 Å². The molecule has 0 saturated carbocycles.